The Balaban J connectivity index is 2.04. The molecule has 0 saturated heterocycles. The molecule has 7 heteroatoms. The molecule has 6 nitrogen and oxygen atoms in total. The van der Waals surface area contributed by atoms with E-state index in [9.17, 15) is 9.59 Å². The topological polar surface area (TPSA) is 76.6 Å². The van der Waals surface area contributed by atoms with Crippen LogP contribution in [0.4, 0.5) is 0 Å². The van der Waals surface area contributed by atoms with Gasteiger partial charge in [-0.3, -0.25) is 4.79 Å². The highest BCUT2D eigenvalue weighted by molar-refractivity contribution is 7.14. The van der Waals surface area contributed by atoms with Crippen LogP contribution in [-0.2, 0) is 6.54 Å². The van der Waals surface area contributed by atoms with Gasteiger partial charge in [-0.15, -0.1) is 11.3 Å². The maximum absolute atomic E-state index is 12.4. The molecule has 3 aromatic heterocycles. The lowest BCUT2D eigenvalue weighted by atomic mass is 10.2. The average molecular weight is 303 g/mol. The Bertz CT molecular complexity index is 904. The summed E-state index contributed by atoms with van der Waals surface area (Å²) in [6.07, 6.45) is 3.39. The summed E-state index contributed by atoms with van der Waals surface area (Å²) in [5, 5.41) is 13.2. The second kappa shape index (κ2) is 4.85. The van der Waals surface area contributed by atoms with Crippen LogP contribution >= 0.6 is 11.3 Å². The van der Waals surface area contributed by atoms with E-state index in [1.807, 2.05) is 13.8 Å². The molecule has 21 heavy (non-hydrogen) atoms. The van der Waals surface area contributed by atoms with E-state index in [0.29, 0.717) is 12.1 Å². The summed E-state index contributed by atoms with van der Waals surface area (Å²) in [6, 6.07) is 3.36. The monoisotopic (exact) mass is 303 g/mol. The molecule has 0 amide bonds. The number of rotatable bonds is 3. The number of carboxylic acid groups (broad SMARTS) is 1. The Labute approximate surface area is 123 Å². The largest absolute Gasteiger partial charge is 0.477 e. The Morgan fingerprint density at radius 2 is 2.10 bits per heavy atom. The van der Waals surface area contributed by atoms with Crippen LogP contribution < -0.4 is 5.56 Å². The van der Waals surface area contributed by atoms with Gasteiger partial charge in [0.05, 0.1) is 12.2 Å². The molecule has 0 radical (unpaired) electrons. The third kappa shape index (κ3) is 2.36. The molecule has 3 aromatic rings. The fraction of sp³-hybridized carbons (Fsp3) is 0.214. The first-order valence-electron chi connectivity index (χ1n) is 6.34. The van der Waals surface area contributed by atoms with E-state index in [4.69, 9.17) is 5.11 Å². The lowest BCUT2D eigenvalue weighted by Crippen LogP contribution is -2.21. The highest BCUT2D eigenvalue weighted by Crippen LogP contribution is 2.22. The minimum absolute atomic E-state index is 0.138. The fourth-order valence-corrected chi connectivity index (χ4v) is 3.11. The third-order valence-electron chi connectivity index (χ3n) is 3.30. The molecule has 0 aliphatic heterocycles. The molecular formula is C14H13N3O3S. The zero-order valence-electron chi connectivity index (χ0n) is 11.5. The lowest BCUT2D eigenvalue weighted by molar-refractivity contribution is 0.0702. The molecule has 0 atom stereocenters. The van der Waals surface area contributed by atoms with E-state index in [2.05, 4.69) is 5.10 Å². The molecule has 0 spiro atoms. The van der Waals surface area contributed by atoms with Crippen molar-refractivity contribution in [2.24, 2.45) is 0 Å². The normalized spacial score (nSPS) is 11.1. The molecule has 0 unspecified atom stereocenters. The number of carbonyl (C=O) groups is 1. The van der Waals surface area contributed by atoms with Crippen LogP contribution in [0.2, 0.25) is 0 Å². The number of hydrogen-bond donors (Lipinski definition) is 1. The zero-order valence-corrected chi connectivity index (χ0v) is 12.3. The van der Waals surface area contributed by atoms with E-state index in [1.54, 1.807) is 33.6 Å². The molecule has 0 fully saturated rings. The van der Waals surface area contributed by atoms with Crippen molar-refractivity contribution in [3.8, 4) is 0 Å². The molecule has 3 heterocycles. The van der Waals surface area contributed by atoms with Crippen molar-refractivity contribution in [2.75, 3.05) is 0 Å². The first kappa shape index (κ1) is 13.6. The Morgan fingerprint density at radius 1 is 1.33 bits per heavy atom. The van der Waals surface area contributed by atoms with Crippen molar-refractivity contribution >= 4 is 22.8 Å². The van der Waals surface area contributed by atoms with E-state index in [0.717, 1.165) is 16.1 Å². The number of hydrogen-bond acceptors (Lipinski definition) is 4. The van der Waals surface area contributed by atoms with Crippen molar-refractivity contribution in [2.45, 2.75) is 20.4 Å². The van der Waals surface area contributed by atoms with Gasteiger partial charge >= 0.3 is 5.97 Å². The molecule has 0 saturated carbocycles. The van der Waals surface area contributed by atoms with Crippen LogP contribution in [0.1, 0.15) is 25.8 Å². The lowest BCUT2D eigenvalue weighted by Gasteiger charge is -2.05. The van der Waals surface area contributed by atoms with Gasteiger partial charge in [-0.2, -0.15) is 5.10 Å². The number of aryl methyl sites for hydroxylation is 2. The first-order chi connectivity index (χ1) is 9.95. The van der Waals surface area contributed by atoms with Gasteiger partial charge in [0.2, 0.25) is 0 Å². The molecular weight excluding hydrogens is 290 g/mol. The molecule has 108 valence electrons. The van der Waals surface area contributed by atoms with Crippen LogP contribution in [0.3, 0.4) is 0 Å². The van der Waals surface area contributed by atoms with E-state index < -0.39 is 5.97 Å². The number of aromatic nitrogens is 3. The summed E-state index contributed by atoms with van der Waals surface area (Å²) in [5.74, 6) is -0.941. The summed E-state index contributed by atoms with van der Waals surface area (Å²) < 4.78 is 3.12. The summed E-state index contributed by atoms with van der Waals surface area (Å²) >= 11 is 1.22. The quantitative estimate of drug-likeness (QED) is 0.802. The van der Waals surface area contributed by atoms with Gasteiger partial charge in [0.15, 0.2) is 0 Å². The highest BCUT2D eigenvalue weighted by atomic mass is 32.1. The summed E-state index contributed by atoms with van der Waals surface area (Å²) in [5.41, 5.74) is 2.01. The minimum Gasteiger partial charge on any atom is -0.477 e. The molecule has 0 bridgehead atoms. The van der Waals surface area contributed by atoms with Gasteiger partial charge in [-0.05, 0) is 31.5 Å². The molecule has 0 aliphatic carbocycles. The second-order valence-electron chi connectivity index (χ2n) is 4.84. The summed E-state index contributed by atoms with van der Waals surface area (Å²) in [7, 11) is 0. The fourth-order valence-electron chi connectivity index (χ4n) is 2.24. The third-order valence-corrected chi connectivity index (χ3v) is 4.38. The predicted octanol–water partition coefficient (Wildman–Crippen LogP) is 1.92. The standard InChI is InChI=1S/C14H13N3O3S/c1-8-5-11-13(18)16(3-4-17(11)15-8)7-10-6-12(14(19)20)21-9(10)2/h3-6H,7H2,1-2H3,(H,19,20). The summed E-state index contributed by atoms with van der Waals surface area (Å²) in [4.78, 5) is 24.6. The molecule has 0 aromatic carbocycles. The van der Waals surface area contributed by atoms with E-state index in [-0.39, 0.29) is 10.4 Å². The maximum Gasteiger partial charge on any atom is 0.345 e. The molecule has 0 aliphatic rings. The van der Waals surface area contributed by atoms with Crippen LogP contribution in [0, 0.1) is 13.8 Å². The smallest absolute Gasteiger partial charge is 0.345 e. The maximum atomic E-state index is 12.4. The minimum atomic E-state index is -0.941. The van der Waals surface area contributed by atoms with Gasteiger partial charge < -0.3 is 9.67 Å². The van der Waals surface area contributed by atoms with Gasteiger partial charge in [0.1, 0.15) is 10.4 Å². The number of fused-ring (bicyclic) bond motifs is 1. The van der Waals surface area contributed by atoms with Crippen LogP contribution in [-0.4, -0.2) is 25.3 Å². The van der Waals surface area contributed by atoms with Crippen LogP contribution in [0.25, 0.3) is 5.52 Å². The van der Waals surface area contributed by atoms with Crippen molar-refractivity contribution < 1.29 is 9.90 Å². The van der Waals surface area contributed by atoms with Gasteiger partial charge in [0, 0.05) is 17.3 Å². The first-order valence-corrected chi connectivity index (χ1v) is 7.15. The number of carboxylic acids is 1. The predicted molar refractivity (Wildman–Crippen MR) is 79.3 cm³/mol. The average Bonchev–Trinajstić information content (AvgIpc) is 2.97. The molecule has 3 rings (SSSR count). The Hall–Kier alpha value is -2.41. The second-order valence-corrected chi connectivity index (χ2v) is 6.10. The number of thiophene rings is 1. The Kier molecular flexibility index (Phi) is 3.13. The van der Waals surface area contributed by atoms with Gasteiger partial charge in [-0.1, -0.05) is 0 Å². The van der Waals surface area contributed by atoms with Gasteiger partial charge in [0.25, 0.3) is 5.56 Å². The van der Waals surface area contributed by atoms with Gasteiger partial charge in [-0.25, -0.2) is 9.31 Å². The van der Waals surface area contributed by atoms with Crippen molar-refractivity contribution in [1.29, 1.82) is 0 Å². The number of nitrogens with zero attached hydrogens (tertiary/aromatic N) is 3. The zero-order chi connectivity index (χ0) is 15.1. The van der Waals surface area contributed by atoms with E-state index >= 15 is 0 Å². The van der Waals surface area contributed by atoms with Crippen molar-refractivity contribution in [3.05, 3.63) is 55.9 Å². The van der Waals surface area contributed by atoms with Crippen LogP contribution in [0.15, 0.2) is 29.3 Å². The Morgan fingerprint density at radius 3 is 2.76 bits per heavy atom. The SMILES string of the molecule is Cc1cc2c(=O)n(Cc3cc(C(=O)O)sc3C)ccn2n1. The van der Waals surface area contributed by atoms with Crippen LogP contribution in [0.5, 0.6) is 0 Å². The van der Waals surface area contributed by atoms with E-state index in [1.165, 1.54) is 11.3 Å². The number of aromatic carboxylic acids is 1. The molecule has 1 N–H and O–H groups in total. The summed E-state index contributed by atoms with van der Waals surface area (Å²) in [6.45, 7) is 4.05. The van der Waals surface area contributed by atoms with Crippen molar-refractivity contribution in [1.82, 2.24) is 14.2 Å². The highest BCUT2D eigenvalue weighted by Gasteiger charge is 2.13. The van der Waals surface area contributed by atoms with Crippen molar-refractivity contribution in [3.63, 3.8) is 0 Å².